The van der Waals surface area contributed by atoms with Crippen LogP contribution in [0.5, 0.6) is 0 Å². The Balaban J connectivity index is 1.98. The summed E-state index contributed by atoms with van der Waals surface area (Å²) in [7, 11) is 0. The number of anilines is 1. The van der Waals surface area contributed by atoms with Crippen molar-refractivity contribution < 1.29 is 8.78 Å². The van der Waals surface area contributed by atoms with E-state index in [-0.39, 0.29) is 6.04 Å². The summed E-state index contributed by atoms with van der Waals surface area (Å²) in [5.74, 6) is -0.543. The molecule has 0 aromatic heterocycles. The summed E-state index contributed by atoms with van der Waals surface area (Å²) in [6.07, 6.45) is 2.35. The normalized spacial score (nSPS) is 22.2. The molecule has 1 heterocycles. The molecule has 106 valence electrons. The summed E-state index contributed by atoms with van der Waals surface area (Å²) in [5, 5.41) is 3.18. The molecule has 2 unspecified atom stereocenters. The smallest absolute Gasteiger partial charge is 0.149 e. The fraction of sp³-hybridized carbons (Fsp3) is 0.600. The van der Waals surface area contributed by atoms with Gasteiger partial charge < -0.3 is 10.2 Å². The first-order valence-corrected chi connectivity index (χ1v) is 7.04. The maximum absolute atomic E-state index is 13.6. The van der Waals surface area contributed by atoms with Crippen molar-refractivity contribution in [1.29, 1.82) is 0 Å². The zero-order valence-electron chi connectivity index (χ0n) is 11.6. The van der Waals surface area contributed by atoms with Crippen LogP contribution >= 0.6 is 0 Å². The van der Waals surface area contributed by atoms with E-state index >= 15 is 0 Å². The van der Waals surface area contributed by atoms with E-state index in [1.54, 1.807) is 0 Å². The summed E-state index contributed by atoms with van der Waals surface area (Å²) < 4.78 is 26.5. The van der Waals surface area contributed by atoms with Crippen LogP contribution < -0.4 is 5.32 Å². The molecule has 2 nitrogen and oxygen atoms in total. The van der Waals surface area contributed by atoms with Gasteiger partial charge in [-0.25, -0.2) is 8.78 Å². The molecule has 2 rings (SSSR count). The van der Waals surface area contributed by atoms with E-state index in [9.17, 15) is 8.78 Å². The lowest BCUT2D eigenvalue weighted by Gasteiger charge is -2.35. The van der Waals surface area contributed by atoms with Crippen molar-refractivity contribution >= 4 is 5.69 Å². The standard InChI is InChI=1S/C15H22F2N2/c1-3-19-8-4-5-12(10-19)11(2)18-15-7-6-13(16)9-14(15)17/h6-7,9,11-12,18H,3-5,8,10H2,1-2H3. The monoisotopic (exact) mass is 268 g/mol. The van der Waals surface area contributed by atoms with Gasteiger partial charge in [0, 0.05) is 18.7 Å². The van der Waals surface area contributed by atoms with Crippen LogP contribution in [0.4, 0.5) is 14.5 Å². The van der Waals surface area contributed by atoms with E-state index in [0.717, 1.165) is 32.1 Å². The van der Waals surface area contributed by atoms with Gasteiger partial charge in [-0.05, 0) is 50.9 Å². The topological polar surface area (TPSA) is 15.3 Å². The number of hydrogen-bond acceptors (Lipinski definition) is 2. The van der Waals surface area contributed by atoms with Gasteiger partial charge in [-0.2, -0.15) is 0 Å². The van der Waals surface area contributed by atoms with Crippen molar-refractivity contribution in [2.45, 2.75) is 32.7 Å². The molecule has 0 saturated carbocycles. The van der Waals surface area contributed by atoms with Crippen LogP contribution in [0.1, 0.15) is 26.7 Å². The van der Waals surface area contributed by atoms with E-state index in [0.29, 0.717) is 11.6 Å². The molecule has 1 aromatic rings. The lowest BCUT2D eigenvalue weighted by molar-refractivity contribution is 0.172. The lowest BCUT2D eigenvalue weighted by atomic mass is 9.91. The quantitative estimate of drug-likeness (QED) is 0.899. The third-order valence-corrected chi connectivity index (χ3v) is 4.01. The van der Waals surface area contributed by atoms with Gasteiger partial charge in [0.25, 0.3) is 0 Å². The van der Waals surface area contributed by atoms with Gasteiger partial charge in [-0.15, -0.1) is 0 Å². The van der Waals surface area contributed by atoms with E-state index < -0.39 is 11.6 Å². The zero-order chi connectivity index (χ0) is 13.8. The number of rotatable bonds is 4. The third-order valence-electron chi connectivity index (χ3n) is 4.01. The van der Waals surface area contributed by atoms with E-state index in [1.165, 1.54) is 18.6 Å². The minimum absolute atomic E-state index is 0.189. The number of hydrogen-bond donors (Lipinski definition) is 1. The predicted octanol–water partition coefficient (Wildman–Crippen LogP) is 3.50. The molecular weight excluding hydrogens is 246 g/mol. The average Bonchev–Trinajstić information content (AvgIpc) is 2.42. The molecule has 2 atom stereocenters. The Bertz CT molecular complexity index is 423. The molecule has 0 bridgehead atoms. The van der Waals surface area contributed by atoms with Crippen molar-refractivity contribution in [3.63, 3.8) is 0 Å². The Kier molecular flexibility index (Phi) is 4.75. The highest BCUT2D eigenvalue weighted by Crippen LogP contribution is 2.23. The maximum Gasteiger partial charge on any atom is 0.149 e. The molecule has 1 aliphatic heterocycles. The Morgan fingerprint density at radius 3 is 2.89 bits per heavy atom. The number of halogens is 2. The Morgan fingerprint density at radius 1 is 1.42 bits per heavy atom. The van der Waals surface area contributed by atoms with Crippen LogP contribution in [0.15, 0.2) is 18.2 Å². The second kappa shape index (κ2) is 6.33. The van der Waals surface area contributed by atoms with E-state index in [4.69, 9.17) is 0 Å². The fourth-order valence-corrected chi connectivity index (χ4v) is 2.76. The molecule has 0 spiro atoms. The van der Waals surface area contributed by atoms with Gasteiger partial charge in [0.2, 0.25) is 0 Å². The highest BCUT2D eigenvalue weighted by molar-refractivity contribution is 5.45. The Morgan fingerprint density at radius 2 is 2.21 bits per heavy atom. The summed E-state index contributed by atoms with van der Waals surface area (Å²) in [4.78, 5) is 2.42. The van der Waals surface area contributed by atoms with Gasteiger partial charge in [0.15, 0.2) is 0 Å². The molecule has 19 heavy (non-hydrogen) atoms. The molecule has 1 aromatic carbocycles. The number of benzene rings is 1. The second-order valence-corrected chi connectivity index (χ2v) is 5.35. The van der Waals surface area contributed by atoms with Crippen LogP contribution in [0, 0.1) is 17.6 Å². The first-order chi connectivity index (χ1) is 9.10. The van der Waals surface area contributed by atoms with Crippen molar-refractivity contribution in [2.75, 3.05) is 25.0 Å². The second-order valence-electron chi connectivity index (χ2n) is 5.35. The Hall–Kier alpha value is -1.16. The first kappa shape index (κ1) is 14.3. The largest absolute Gasteiger partial charge is 0.380 e. The minimum Gasteiger partial charge on any atom is -0.380 e. The fourth-order valence-electron chi connectivity index (χ4n) is 2.76. The molecule has 1 saturated heterocycles. The SMILES string of the molecule is CCN1CCCC(C(C)Nc2ccc(F)cc2F)C1. The van der Waals surface area contributed by atoms with Crippen molar-refractivity contribution in [3.8, 4) is 0 Å². The minimum atomic E-state index is -0.537. The zero-order valence-corrected chi connectivity index (χ0v) is 11.6. The van der Waals surface area contributed by atoms with Crippen molar-refractivity contribution in [3.05, 3.63) is 29.8 Å². The highest BCUT2D eigenvalue weighted by Gasteiger charge is 2.24. The third kappa shape index (κ3) is 3.66. The summed E-state index contributed by atoms with van der Waals surface area (Å²) in [5.41, 5.74) is 0.391. The molecular formula is C15H22F2N2. The predicted molar refractivity (Wildman–Crippen MR) is 74.3 cm³/mol. The lowest BCUT2D eigenvalue weighted by Crippen LogP contribution is -2.41. The van der Waals surface area contributed by atoms with E-state index in [2.05, 4.69) is 24.1 Å². The number of likely N-dealkylation sites (tertiary alicyclic amines) is 1. The van der Waals surface area contributed by atoms with Crippen molar-refractivity contribution in [1.82, 2.24) is 4.90 Å². The number of piperidine rings is 1. The van der Waals surface area contributed by atoms with Gasteiger partial charge in [-0.1, -0.05) is 6.92 Å². The average molecular weight is 268 g/mol. The van der Waals surface area contributed by atoms with Crippen LogP contribution in [0.2, 0.25) is 0 Å². The van der Waals surface area contributed by atoms with E-state index in [1.807, 2.05) is 0 Å². The number of nitrogens with zero attached hydrogens (tertiary/aromatic N) is 1. The molecule has 1 aliphatic rings. The molecule has 0 radical (unpaired) electrons. The summed E-state index contributed by atoms with van der Waals surface area (Å²) >= 11 is 0. The van der Waals surface area contributed by atoms with Gasteiger partial charge >= 0.3 is 0 Å². The molecule has 4 heteroatoms. The van der Waals surface area contributed by atoms with Crippen LogP contribution in [0.3, 0.4) is 0 Å². The Labute approximate surface area is 113 Å². The molecule has 1 N–H and O–H groups in total. The molecule has 1 fully saturated rings. The van der Waals surface area contributed by atoms with Crippen LogP contribution in [0.25, 0.3) is 0 Å². The van der Waals surface area contributed by atoms with Gasteiger partial charge in [0.05, 0.1) is 5.69 Å². The first-order valence-electron chi connectivity index (χ1n) is 7.04. The number of nitrogens with one attached hydrogen (secondary N) is 1. The van der Waals surface area contributed by atoms with Crippen LogP contribution in [-0.2, 0) is 0 Å². The molecule has 0 aliphatic carbocycles. The van der Waals surface area contributed by atoms with Crippen LogP contribution in [-0.4, -0.2) is 30.6 Å². The van der Waals surface area contributed by atoms with Gasteiger partial charge in [-0.3, -0.25) is 0 Å². The van der Waals surface area contributed by atoms with Gasteiger partial charge in [0.1, 0.15) is 11.6 Å². The summed E-state index contributed by atoms with van der Waals surface area (Å²) in [6, 6.07) is 3.88. The molecule has 0 amide bonds. The summed E-state index contributed by atoms with van der Waals surface area (Å²) in [6.45, 7) is 7.51. The van der Waals surface area contributed by atoms with Crippen molar-refractivity contribution in [2.24, 2.45) is 5.92 Å². The highest BCUT2D eigenvalue weighted by atomic mass is 19.1. The maximum atomic E-state index is 13.6.